The summed E-state index contributed by atoms with van der Waals surface area (Å²) in [5.74, 6) is 0.244. The molecule has 0 atom stereocenters. The average molecular weight is 263 g/mol. The van der Waals surface area contributed by atoms with Crippen LogP contribution < -0.4 is 5.56 Å². The molecule has 0 fully saturated rings. The van der Waals surface area contributed by atoms with Crippen molar-refractivity contribution in [1.29, 1.82) is 0 Å². The zero-order valence-electron chi connectivity index (χ0n) is 11.6. The third-order valence-electron chi connectivity index (χ3n) is 3.21. The van der Waals surface area contributed by atoms with E-state index < -0.39 is 0 Å². The topological polar surface area (TPSA) is 68.3 Å². The fourth-order valence-corrected chi connectivity index (χ4v) is 2.11. The maximum atomic E-state index is 12.5. The summed E-state index contributed by atoms with van der Waals surface area (Å²) in [5, 5.41) is 0.263. The highest BCUT2D eigenvalue weighted by molar-refractivity contribution is 6.06. The molecule has 2 heterocycles. The number of amides is 1. The number of aromatic nitrogens is 2. The van der Waals surface area contributed by atoms with Gasteiger partial charge in [0.25, 0.3) is 11.5 Å². The van der Waals surface area contributed by atoms with Gasteiger partial charge in [-0.2, -0.15) is 0 Å². The van der Waals surface area contributed by atoms with Gasteiger partial charge in [-0.3, -0.25) is 9.59 Å². The van der Waals surface area contributed by atoms with Crippen LogP contribution in [0.15, 0.2) is 15.5 Å². The number of aryl methyl sites for hydroxylation is 2. The van der Waals surface area contributed by atoms with Gasteiger partial charge in [-0.25, -0.2) is 4.98 Å². The first-order chi connectivity index (χ1) is 9.01. The van der Waals surface area contributed by atoms with Crippen LogP contribution in [0.25, 0.3) is 11.1 Å². The monoisotopic (exact) mass is 263 g/mol. The van der Waals surface area contributed by atoms with Crippen LogP contribution in [-0.4, -0.2) is 33.4 Å². The second-order valence-corrected chi connectivity index (χ2v) is 4.35. The zero-order chi connectivity index (χ0) is 14.2. The first-order valence-electron chi connectivity index (χ1n) is 6.25. The molecule has 2 aromatic heterocycles. The molecule has 6 nitrogen and oxygen atoms in total. The second kappa shape index (κ2) is 4.87. The molecule has 102 valence electrons. The first kappa shape index (κ1) is 13.3. The third-order valence-corrected chi connectivity index (χ3v) is 3.21. The van der Waals surface area contributed by atoms with Crippen LogP contribution in [0.5, 0.6) is 0 Å². The normalized spacial score (nSPS) is 10.9. The van der Waals surface area contributed by atoms with E-state index in [4.69, 9.17) is 4.42 Å². The summed E-state index contributed by atoms with van der Waals surface area (Å²) in [7, 11) is 1.60. The van der Waals surface area contributed by atoms with Crippen molar-refractivity contribution in [2.24, 2.45) is 7.05 Å². The molecule has 0 aliphatic carbocycles. The number of nitrogens with zero attached hydrogens (tertiary/aromatic N) is 3. The molecule has 2 aromatic rings. The molecule has 0 unspecified atom stereocenters. The molecular formula is C13H17N3O3. The third kappa shape index (κ3) is 2.03. The summed E-state index contributed by atoms with van der Waals surface area (Å²) >= 11 is 0. The molecule has 0 spiro atoms. The second-order valence-electron chi connectivity index (χ2n) is 4.35. The van der Waals surface area contributed by atoms with E-state index in [2.05, 4.69) is 4.98 Å². The highest BCUT2D eigenvalue weighted by Gasteiger charge is 2.25. The van der Waals surface area contributed by atoms with E-state index in [9.17, 15) is 9.59 Å². The minimum atomic E-state index is -0.266. The Morgan fingerprint density at radius 2 is 2.05 bits per heavy atom. The molecule has 0 bridgehead atoms. The van der Waals surface area contributed by atoms with Crippen molar-refractivity contribution in [3.05, 3.63) is 28.0 Å². The SMILES string of the molecule is CCN(CC)C(=O)c1c(C)oc2ncn(C)c(=O)c12. The van der Waals surface area contributed by atoms with Crippen LogP contribution in [0.1, 0.15) is 30.0 Å². The van der Waals surface area contributed by atoms with E-state index in [1.165, 1.54) is 10.9 Å². The lowest BCUT2D eigenvalue weighted by molar-refractivity contribution is 0.0773. The molecule has 0 saturated carbocycles. The zero-order valence-corrected chi connectivity index (χ0v) is 11.6. The van der Waals surface area contributed by atoms with Crippen LogP contribution in [0, 0.1) is 6.92 Å². The van der Waals surface area contributed by atoms with Gasteiger partial charge in [0.2, 0.25) is 5.71 Å². The van der Waals surface area contributed by atoms with Gasteiger partial charge < -0.3 is 13.9 Å². The van der Waals surface area contributed by atoms with Crippen molar-refractivity contribution in [2.45, 2.75) is 20.8 Å². The van der Waals surface area contributed by atoms with Crippen LogP contribution in [0.4, 0.5) is 0 Å². The summed E-state index contributed by atoms with van der Waals surface area (Å²) in [5.41, 5.74) is 0.279. The van der Waals surface area contributed by atoms with Crippen LogP contribution in [0.3, 0.4) is 0 Å². The molecule has 0 N–H and O–H groups in total. The van der Waals surface area contributed by atoms with Crippen molar-refractivity contribution in [3.8, 4) is 0 Å². The van der Waals surface area contributed by atoms with E-state index in [0.717, 1.165) is 0 Å². The molecule has 0 aromatic carbocycles. The van der Waals surface area contributed by atoms with Crippen LogP contribution >= 0.6 is 0 Å². The summed E-state index contributed by atoms with van der Waals surface area (Å²) < 4.78 is 6.77. The number of hydrogen-bond acceptors (Lipinski definition) is 4. The van der Waals surface area contributed by atoms with E-state index in [0.29, 0.717) is 24.4 Å². The number of furan rings is 1. The molecular weight excluding hydrogens is 246 g/mol. The Bertz CT molecular complexity index is 680. The number of fused-ring (bicyclic) bond motifs is 1. The Hall–Kier alpha value is -2.11. The van der Waals surface area contributed by atoms with Gasteiger partial charge in [-0.05, 0) is 20.8 Å². The van der Waals surface area contributed by atoms with E-state index >= 15 is 0 Å². The van der Waals surface area contributed by atoms with E-state index in [1.807, 2.05) is 13.8 Å². The van der Waals surface area contributed by atoms with Crippen molar-refractivity contribution in [3.63, 3.8) is 0 Å². The molecule has 2 rings (SSSR count). The Labute approximate surface area is 110 Å². The standard InChI is InChI=1S/C13H17N3O3/c1-5-16(6-2)13(18)9-8(3)19-11-10(9)12(17)15(4)7-14-11/h7H,5-6H2,1-4H3. The van der Waals surface area contributed by atoms with Crippen molar-refractivity contribution >= 4 is 17.0 Å². The summed E-state index contributed by atoms with van der Waals surface area (Å²) in [6.07, 6.45) is 1.39. The van der Waals surface area contributed by atoms with Crippen molar-refractivity contribution in [2.75, 3.05) is 13.1 Å². The molecule has 1 amide bonds. The predicted molar refractivity (Wildman–Crippen MR) is 71.2 cm³/mol. The fourth-order valence-electron chi connectivity index (χ4n) is 2.11. The largest absolute Gasteiger partial charge is 0.442 e. The molecule has 0 radical (unpaired) electrons. The van der Waals surface area contributed by atoms with Crippen molar-refractivity contribution < 1.29 is 9.21 Å². The maximum absolute atomic E-state index is 12.5. The van der Waals surface area contributed by atoms with Gasteiger partial charge in [0, 0.05) is 20.1 Å². The Morgan fingerprint density at radius 3 is 2.63 bits per heavy atom. The Kier molecular flexibility index (Phi) is 3.42. The quantitative estimate of drug-likeness (QED) is 0.837. The smallest absolute Gasteiger partial charge is 0.265 e. The summed E-state index contributed by atoms with van der Waals surface area (Å²) in [4.78, 5) is 30.3. The average Bonchev–Trinajstić information content (AvgIpc) is 2.72. The highest BCUT2D eigenvalue weighted by atomic mass is 16.3. The Balaban J connectivity index is 2.73. The Morgan fingerprint density at radius 1 is 1.42 bits per heavy atom. The highest BCUT2D eigenvalue weighted by Crippen LogP contribution is 2.22. The van der Waals surface area contributed by atoms with Crippen LogP contribution in [0.2, 0.25) is 0 Å². The summed E-state index contributed by atoms with van der Waals surface area (Å²) in [6, 6.07) is 0. The van der Waals surface area contributed by atoms with Crippen LogP contribution in [-0.2, 0) is 7.05 Å². The van der Waals surface area contributed by atoms with Crippen molar-refractivity contribution in [1.82, 2.24) is 14.5 Å². The molecule has 19 heavy (non-hydrogen) atoms. The lowest BCUT2D eigenvalue weighted by Gasteiger charge is -2.18. The number of rotatable bonds is 3. The molecule has 0 saturated heterocycles. The number of carbonyl (C=O) groups excluding carboxylic acids is 1. The van der Waals surface area contributed by atoms with E-state index in [-0.39, 0.29) is 22.6 Å². The van der Waals surface area contributed by atoms with Gasteiger partial charge in [0.15, 0.2) is 0 Å². The van der Waals surface area contributed by atoms with Gasteiger partial charge >= 0.3 is 0 Å². The van der Waals surface area contributed by atoms with Gasteiger partial charge in [0.1, 0.15) is 17.5 Å². The molecule has 0 aliphatic heterocycles. The predicted octanol–water partition coefficient (Wildman–Crippen LogP) is 1.32. The van der Waals surface area contributed by atoms with Gasteiger partial charge in [0.05, 0.1) is 5.56 Å². The lowest BCUT2D eigenvalue weighted by Crippen LogP contribution is -2.31. The van der Waals surface area contributed by atoms with Gasteiger partial charge in [-0.15, -0.1) is 0 Å². The minimum Gasteiger partial charge on any atom is -0.442 e. The molecule has 6 heteroatoms. The lowest BCUT2D eigenvalue weighted by atomic mass is 10.1. The maximum Gasteiger partial charge on any atom is 0.265 e. The fraction of sp³-hybridized carbons (Fsp3) is 0.462. The minimum absolute atomic E-state index is 0.189. The van der Waals surface area contributed by atoms with E-state index in [1.54, 1.807) is 18.9 Å². The first-order valence-corrected chi connectivity index (χ1v) is 6.25. The number of carbonyl (C=O) groups is 1. The van der Waals surface area contributed by atoms with Gasteiger partial charge in [-0.1, -0.05) is 0 Å². The molecule has 0 aliphatic rings. The number of hydrogen-bond donors (Lipinski definition) is 0. The summed E-state index contributed by atoms with van der Waals surface area (Å²) in [6.45, 7) is 6.65.